The van der Waals surface area contributed by atoms with Crippen LogP contribution in [0.5, 0.6) is 0 Å². The van der Waals surface area contributed by atoms with Gasteiger partial charge in [-0.1, -0.05) is 48.8 Å². The van der Waals surface area contributed by atoms with Gasteiger partial charge in [-0.05, 0) is 30.2 Å². The first-order chi connectivity index (χ1) is 9.69. The van der Waals surface area contributed by atoms with E-state index in [-0.39, 0.29) is 11.9 Å². The third-order valence-electron chi connectivity index (χ3n) is 4.20. The summed E-state index contributed by atoms with van der Waals surface area (Å²) in [7, 11) is 0. The highest BCUT2D eigenvalue weighted by molar-refractivity contribution is 5.80. The van der Waals surface area contributed by atoms with Crippen LogP contribution in [0.1, 0.15) is 50.6 Å². The average molecular weight is 275 g/mol. The Balaban J connectivity index is 2.00. The number of nitrogens with zero attached hydrogens (tertiary/aromatic N) is 1. The Kier molecular flexibility index (Phi) is 5.01. The van der Waals surface area contributed by atoms with Gasteiger partial charge in [0.25, 0.3) is 0 Å². The highest BCUT2D eigenvalue weighted by Gasteiger charge is 2.41. The molecule has 4 N–H and O–H groups in total. The highest BCUT2D eigenvalue weighted by Crippen LogP contribution is 2.49. The summed E-state index contributed by atoms with van der Waals surface area (Å²) in [6, 6.07) is 10.3. The van der Waals surface area contributed by atoms with E-state index >= 15 is 0 Å². The van der Waals surface area contributed by atoms with Crippen molar-refractivity contribution in [2.45, 2.75) is 45.1 Å². The SMILES string of the molecule is CCCC1(CNC(C/C(N)=N/O)c2ccccc2)CC1. The van der Waals surface area contributed by atoms with Crippen molar-refractivity contribution >= 4 is 5.84 Å². The zero-order valence-electron chi connectivity index (χ0n) is 12.2. The average Bonchev–Trinajstić information content (AvgIpc) is 3.24. The molecule has 1 saturated carbocycles. The summed E-state index contributed by atoms with van der Waals surface area (Å²) in [5, 5.41) is 15.5. The largest absolute Gasteiger partial charge is 0.409 e. The number of nitrogens with one attached hydrogen (secondary N) is 1. The zero-order valence-corrected chi connectivity index (χ0v) is 12.2. The Morgan fingerprint density at radius 1 is 1.40 bits per heavy atom. The van der Waals surface area contributed by atoms with Crippen LogP contribution in [0.25, 0.3) is 0 Å². The predicted octanol–water partition coefficient (Wildman–Crippen LogP) is 3.03. The van der Waals surface area contributed by atoms with Gasteiger partial charge in [-0.2, -0.15) is 0 Å². The van der Waals surface area contributed by atoms with E-state index in [1.54, 1.807) is 0 Å². The Bertz CT molecular complexity index is 440. The first-order valence-electron chi connectivity index (χ1n) is 7.44. The normalized spacial score (nSPS) is 18.8. The van der Waals surface area contributed by atoms with Crippen molar-refractivity contribution in [3.63, 3.8) is 0 Å². The van der Waals surface area contributed by atoms with E-state index in [1.165, 1.54) is 31.2 Å². The van der Waals surface area contributed by atoms with Crippen LogP contribution >= 0.6 is 0 Å². The second-order valence-electron chi connectivity index (χ2n) is 5.89. The molecule has 20 heavy (non-hydrogen) atoms. The summed E-state index contributed by atoms with van der Waals surface area (Å²) in [5.74, 6) is 0.270. The lowest BCUT2D eigenvalue weighted by Crippen LogP contribution is -2.31. The van der Waals surface area contributed by atoms with E-state index in [0.717, 1.165) is 6.54 Å². The first kappa shape index (κ1) is 14.9. The molecule has 1 unspecified atom stereocenters. The van der Waals surface area contributed by atoms with Gasteiger partial charge in [-0.3, -0.25) is 0 Å². The minimum atomic E-state index is 0.112. The van der Waals surface area contributed by atoms with E-state index in [4.69, 9.17) is 10.9 Å². The van der Waals surface area contributed by atoms with Crippen LogP contribution in [0.2, 0.25) is 0 Å². The molecular weight excluding hydrogens is 250 g/mol. The lowest BCUT2D eigenvalue weighted by atomic mass is 9.98. The van der Waals surface area contributed by atoms with Crippen molar-refractivity contribution in [2.24, 2.45) is 16.3 Å². The molecule has 2 rings (SSSR count). The quantitative estimate of drug-likeness (QED) is 0.295. The van der Waals surface area contributed by atoms with Crippen LogP contribution in [0, 0.1) is 5.41 Å². The fraction of sp³-hybridized carbons (Fsp3) is 0.562. The van der Waals surface area contributed by atoms with Crippen LogP contribution in [0.3, 0.4) is 0 Å². The van der Waals surface area contributed by atoms with E-state index in [1.807, 2.05) is 18.2 Å². The molecule has 1 fully saturated rings. The van der Waals surface area contributed by atoms with Crippen LogP contribution < -0.4 is 11.1 Å². The molecule has 0 bridgehead atoms. The molecule has 110 valence electrons. The van der Waals surface area contributed by atoms with Gasteiger partial charge < -0.3 is 16.3 Å². The second kappa shape index (κ2) is 6.75. The van der Waals surface area contributed by atoms with Gasteiger partial charge in [-0.25, -0.2) is 0 Å². The summed E-state index contributed by atoms with van der Waals surface area (Å²) >= 11 is 0. The van der Waals surface area contributed by atoms with Crippen molar-refractivity contribution in [2.75, 3.05) is 6.54 Å². The summed E-state index contributed by atoms with van der Waals surface area (Å²) in [6.07, 6.45) is 5.68. The Labute approximate surface area is 121 Å². The number of oxime groups is 1. The fourth-order valence-electron chi connectivity index (χ4n) is 2.81. The highest BCUT2D eigenvalue weighted by atomic mass is 16.4. The summed E-state index contributed by atoms with van der Waals surface area (Å²) in [5.41, 5.74) is 7.36. The van der Waals surface area contributed by atoms with E-state index in [2.05, 4.69) is 29.5 Å². The fourth-order valence-corrected chi connectivity index (χ4v) is 2.81. The molecule has 1 aromatic carbocycles. The third kappa shape index (κ3) is 3.97. The molecule has 0 aliphatic heterocycles. The number of nitrogens with two attached hydrogens (primary N) is 1. The Morgan fingerprint density at radius 2 is 2.10 bits per heavy atom. The van der Waals surface area contributed by atoms with Crippen molar-refractivity contribution < 1.29 is 5.21 Å². The minimum absolute atomic E-state index is 0.112. The molecule has 0 heterocycles. The van der Waals surface area contributed by atoms with E-state index in [9.17, 15) is 0 Å². The molecule has 0 radical (unpaired) electrons. The van der Waals surface area contributed by atoms with E-state index < -0.39 is 0 Å². The molecule has 1 aliphatic rings. The maximum atomic E-state index is 8.79. The number of rotatable bonds is 8. The molecule has 0 amide bonds. The van der Waals surface area contributed by atoms with Crippen molar-refractivity contribution in [1.29, 1.82) is 0 Å². The second-order valence-corrected chi connectivity index (χ2v) is 5.89. The summed E-state index contributed by atoms with van der Waals surface area (Å²) in [6.45, 7) is 3.25. The molecule has 1 aliphatic carbocycles. The number of benzene rings is 1. The molecule has 4 heteroatoms. The van der Waals surface area contributed by atoms with Crippen LogP contribution in [-0.2, 0) is 0 Å². The molecule has 1 atom stereocenters. The van der Waals surface area contributed by atoms with Gasteiger partial charge in [0.05, 0.1) is 0 Å². The predicted molar refractivity (Wildman–Crippen MR) is 81.8 cm³/mol. The maximum Gasteiger partial charge on any atom is 0.141 e. The van der Waals surface area contributed by atoms with Crippen molar-refractivity contribution in [3.05, 3.63) is 35.9 Å². The van der Waals surface area contributed by atoms with Crippen LogP contribution in [0.15, 0.2) is 35.5 Å². The third-order valence-corrected chi connectivity index (χ3v) is 4.20. The zero-order chi connectivity index (χ0) is 14.4. The lowest BCUT2D eigenvalue weighted by Gasteiger charge is -2.22. The summed E-state index contributed by atoms with van der Waals surface area (Å²) in [4.78, 5) is 0. The van der Waals surface area contributed by atoms with Gasteiger partial charge in [0, 0.05) is 19.0 Å². The Hall–Kier alpha value is -1.55. The first-order valence-corrected chi connectivity index (χ1v) is 7.44. The van der Waals surface area contributed by atoms with Gasteiger partial charge in [0.15, 0.2) is 0 Å². The smallest absolute Gasteiger partial charge is 0.141 e. The monoisotopic (exact) mass is 275 g/mol. The lowest BCUT2D eigenvalue weighted by molar-refractivity contribution is 0.315. The van der Waals surface area contributed by atoms with Gasteiger partial charge in [0.2, 0.25) is 0 Å². The standard InChI is InChI=1S/C16H25N3O/c1-2-8-16(9-10-16)12-18-14(11-15(17)19-20)13-6-4-3-5-7-13/h3-7,14,18,20H,2,8-12H2,1H3,(H2,17,19). The van der Waals surface area contributed by atoms with Crippen LogP contribution in [-0.4, -0.2) is 17.6 Å². The number of hydrogen-bond acceptors (Lipinski definition) is 3. The number of amidine groups is 1. The molecule has 0 spiro atoms. The molecular formula is C16H25N3O. The number of hydrogen-bond donors (Lipinski definition) is 3. The Morgan fingerprint density at radius 3 is 2.65 bits per heavy atom. The van der Waals surface area contributed by atoms with E-state index in [0.29, 0.717) is 11.8 Å². The van der Waals surface area contributed by atoms with Crippen LogP contribution in [0.4, 0.5) is 0 Å². The molecule has 0 aromatic heterocycles. The van der Waals surface area contributed by atoms with Gasteiger partial charge in [-0.15, -0.1) is 0 Å². The molecule has 1 aromatic rings. The van der Waals surface area contributed by atoms with Gasteiger partial charge >= 0.3 is 0 Å². The molecule has 0 saturated heterocycles. The van der Waals surface area contributed by atoms with Gasteiger partial charge in [0.1, 0.15) is 5.84 Å². The summed E-state index contributed by atoms with van der Waals surface area (Å²) < 4.78 is 0. The molecule has 4 nitrogen and oxygen atoms in total. The maximum absolute atomic E-state index is 8.79. The minimum Gasteiger partial charge on any atom is -0.409 e. The topological polar surface area (TPSA) is 70.6 Å². The van der Waals surface area contributed by atoms with Crippen molar-refractivity contribution in [1.82, 2.24) is 5.32 Å². The van der Waals surface area contributed by atoms with Crippen molar-refractivity contribution in [3.8, 4) is 0 Å².